The molecule has 5 aliphatic rings. The summed E-state index contributed by atoms with van der Waals surface area (Å²) < 4.78 is 9.18. The molecule has 2 aromatic carbocycles. The van der Waals surface area contributed by atoms with Gasteiger partial charge in [0.15, 0.2) is 17.0 Å². The number of nitrogens with zero attached hydrogens (tertiary/aromatic N) is 8. The number of aliphatic hydroxyl groups is 1. The zero-order valence-electron chi connectivity index (χ0n) is 35.6. The van der Waals surface area contributed by atoms with E-state index in [0.717, 1.165) is 93.5 Å². The second-order valence-electron chi connectivity index (χ2n) is 18.3. The van der Waals surface area contributed by atoms with Gasteiger partial charge >= 0.3 is 0 Å². The number of allylic oxidation sites excluding steroid dienone is 1. The van der Waals surface area contributed by atoms with Crippen molar-refractivity contribution in [2.75, 3.05) is 31.5 Å². The second-order valence-corrected chi connectivity index (χ2v) is 18.3. The van der Waals surface area contributed by atoms with Crippen molar-refractivity contribution in [1.29, 1.82) is 0 Å². The number of pyridine rings is 1. The number of fused-ring (bicyclic) bond motifs is 6. The normalized spacial score (nSPS) is 23.0. The van der Waals surface area contributed by atoms with E-state index in [9.17, 15) is 19.5 Å². The lowest BCUT2D eigenvalue weighted by atomic mass is 9.92. The van der Waals surface area contributed by atoms with Gasteiger partial charge in [0.05, 0.1) is 18.2 Å². The lowest BCUT2D eigenvalue weighted by Gasteiger charge is -2.41. The summed E-state index contributed by atoms with van der Waals surface area (Å²) in [6, 6.07) is 15.2. The average molecular weight is 849 g/mol. The summed E-state index contributed by atoms with van der Waals surface area (Å²) in [5, 5.41) is 22.8. The highest BCUT2D eigenvalue weighted by molar-refractivity contribution is 6.02. The predicted octanol–water partition coefficient (Wildman–Crippen LogP) is 5.35. The number of hydrogen-bond donors (Lipinski definition) is 3. The van der Waals surface area contributed by atoms with Crippen LogP contribution in [-0.4, -0.2) is 88.4 Å². The number of amides is 2. The summed E-state index contributed by atoms with van der Waals surface area (Å²) in [6.45, 7) is 11.3. The predicted molar refractivity (Wildman–Crippen MR) is 237 cm³/mol. The zero-order chi connectivity index (χ0) is 43.0. The van der Waals surface area contributed by atoms with Crippen LogP contribution in [-0.2, 0) is 54.0 Å². The minimum atomic E-state index is -0.990. The van der Waals surface area contributed by atoms with Crippen LogP contribution in [0.25, 0.3) is 27.8 Å². The van der Waals surface area contributed by atoms with Crippen molar-refractivity contribution in [2.45, 2.75) is 102 Å². The van der Waals surface area contributed by atoms with Crippen LogP contribution < -0.4 is 16.2 Å². The fourth-order valence-corrected chi connectivity index (χ4v) is 11.1. The summed E-state index contributed by atoms with van der Waals surface area (Å²) in [4.78, 5) is 57.6. The van der Waals surface area contributed by atoms with Gasteiger partial charge in [0.2, 0.25) is 17.8 Å². The quantitative estimate of drug-likeness (QED) is 0.119. The first-order valence-electron chi connectivity index (χ1n) is 22.6. The van der Waals surface area contributed by atoms with Gasteiger partial charge in [0, 0.05) is 54.9 Å². The Balaban J connectivity index is 0.727. The maximum Gasteiger partial charge on any atom is 0.278 e. The van der Waals surface area contributed by atoms with Gasteiger partial charge in [-0.2, -0.15) is 4.98 Å². The van der Waals surface area contributed by atoms with Crippen molar-refractivity contribution in [2.24, 2.45) is 5.92 Å². The van der Waals surface area contributed by atoms with E-state index in [2.05, 4.69) is 61.4 Å². The summed E-state index contributed by atoms with van der Waals surface area (Å²) in [5.74, 6) is 0.441. The Kier molecular flexibility index (Phi) is 9.88. The third-order valence-corrected chi connectivity index (χ3v) is 14.5. The Morgan fingerprint density at radius 1 is 0.952 bits per heavy atom. The molecule has 0 radical (unpaired) electrons. The van der Waals surface area contributed by atoms with E-state index in [0.29, 0.717) is 71.8 Å². The number of piperidine rings is 2. The smallest absolute Gasteiger partial charge is 0.278 e. The van der Waals surface area contributed by atoms with Crippen molar-refractivity contribution in [3.05, 3.63) is 111 Å². The van der Waals surface area contributed by atoms with Crippen LogP contribution in [0, 0.1) is 5.92 Å². The number of aromatic nitrogens is 6. The molecule has 2 fully saturated rings. The molecule has 63 heavy (non-hydrogen) atoms. The number of nitrogens with one attached hydrogen (secondary N) is 2. The number of hydrogen-bond acceptors (Lipinski definition) is 12. The average Bonchev–Trinajstić information content (AvgIpc) is 4.06. The Bertz CT molecular complexity index is 2890. The molecule has 4 aromatic heterocycles. The minimum absolute atomic E-state index is 0.227. The molecule has 2 amide bonds. The van der Waals surface area contributed by atoms with Gasteiger partial charge in [-0.3, -0.25) is 24.6 Å². The van der Waals surface area contributed by atoms with Crippen LogP contribution in [0.4, 0.5) is 11.6 Å². The number of anilines is 2. The van der Waals surface area contributed by atoms with Crippen molar-refractivity contribution in [3.8, 4) is 5.82 Å². The molecule has 7 heterocycles. The first-order valence-corrected chi connectivity index (χ1v) is 22.6. The molecule has 0 saturated carbocycles. The van der Waals surface area contributed by atoms with Crippen molar-refractivity contribution < 1.29 is 19.2 Å². The molecule has 6 aromatic rings. The van der Waals surface area contributed by atoms with Crippen molar-refractivity contribution >= 4 is 45.5 Å². The maximum absolute atomic E-state index is 13.6. The van der Waals surface area contributed by atoms with Gasteiger partial charge in [-0.1, -0.05) is 36.4 Å². The molecule has 11 rings (SSSR count). The van der Waals surface area contributed by atoms with Gasteiger partial charge in [0.1, 0.15) is 16.7 Å². The molecular weight excluding hydrogens is 797 g/mol. The Morgan fingerprint density at radius 3 is 2.62 bits per heavy atom. The number of carbonyl (C=O) groups is 2. The SMILES string of the molecule is C=CCn1c(=O)c2cnc(Nc3ccc4c(c3)CCN(C3CCN(CC5Cc6ccc7c(C8CCC(=O)NC8=O)noc7c6C5)CC3)C4)nc2n1-c1ccc2c(n1)[C@@](O)(CC)CC2. The van der Waals surface area contributed by atoms with Crippen molar-refractivity contribution in [1.82, 2.24) is 44.6 Å². The Hall–Kier alpha value is -6.03. The lowest BCUT2D eigenvalue weighted by Crippen LogP contribution is -2.47. The third kappa shape index (κ3) is 6.97. The summed E-state index contributed by atoms with van der Waals surface area (Å²) in [6.07, 6.45) is 11.2. The Labute approximate surface area is 364 Å². The first kappa shape index (κ1) is 39.8. The molecule has 324 valence electrons. The summed E-state index contributed by atoms with van der Waals surface area (Å²) in [7, 11) is 0. The van der Waals surface area contributed by atoms with Gasteiger partial charge in [0.25, 0.3) is 5.56 Å². The van der Waals surface area contributed by atoms with Gasteiger partial charge in [-0.15, -0.1) is 6.58 Å². The lowest BCUT2D eigenvalue weighted by molar-refractivity contribution is -0.134. The molecule has 15 heteroatoms. The highest BCUT2D eigenvalue weighted by Crippen LogP contribution is 2.40. The third-order valence-electron chi connectivity index (χ3n) is 14.5. The molecule has 15 nitrogen and oxygen atoms in total. The maximum atomic E-state index is 13.6. The second kappa shape index (κ2) is 15.6. The molecular formula is C48H52N10O5. The number of imide groups is 1. The van der Waals surface area contributed by atoms with E-state index < -0.39 is 11.5 Å². The fourth-order valence-electron chi connectivity index (χ4n) is 11.1. The van der Waals surface area contributed by atoms with E-state index in [1.807, 2.05) is 25.1 Å². The van der Waals surface area contributed by atoms with E-state index >= 15 is 0 Å². The van der Waals surface area contributed by atoms with Crippen LogP contribution in [0.3, 0.4) is 0 Å². The highest BCUT2D eigenvalue weighted by atomic mass is 16.5. The van der Waals surface area contributed by atoms with E-state index in [-0.39, 0.29) is 23.9 Å². The topological polar surface area (TPSA) is 177 Å². The number of rotatable bonds is 10. The molecule has 2 unspecified atom stereocenters. The number of aryl methyl sites for hydroxylation is 1. The molecule has 3 aliphatic heterocycles. The molecule has 3 atom stereocenters. The highest BCUT2D eigenvalue weighted by Gasteiger charge is 2.38. The van der Waals surface area contributed by atoms with Crippen LogP contribution in [0.5, 0.6) is 0 Å². The minimum Gasteiger partial charge on any atom is -0.384 e. The van der Waals surface area contributed by atoms with Crippen molar-refractivity contribution in [3.63, 3.8) is 0 Å². The van der Waals surface area contributed by atoms with Crippen LogP contribution in [0.2, 0.25) is 0 Å². The van der Waals surface area contributed by atoms with Gasteiger partial charge in [-0.25, -0.2) is 19.3 Å². The van der Waals surface area contributed by atoms with E-state index in [1.54, 1.807) is 21.6 Å². The molecule has 3 N–H and O–H groups in total. The van der Waals surface area contributed by atoms with Crippen LogP contribution in [0.1, 0.15) is 90.6 Å². The zero-order valence-corrected chi connectivity index (χ0v) is 35.6. The van der Waals surface area contributed by atoms with Crippen LogP contribution in [0.15, 0.2) is 70.6 Å². The number of likely N-dealkylation sites (tertiary alicyclic amines) is 1. The number of benzene rings is 2. The molecule has 2 aliphatic carbocycles. The largest absolute Gasteiger partial charge is 0.384 e. The fraction of sp³-hybridized carbons (Fsp3) is 0.438. The monoisotopic (exact) mass is 848 g/mol. The number of carbonyl (C=O) groups excluding carboxylic acids is 2. The molecule has 0 bridgehead atoms. The molecule has 0 spiro atoms. The molecule has 2 saturated heterocycles. The standard InChI is InChI=1S/C48H52N10O5/c1-3-18-57-46(61)38-25-49-47(53-44(38)58(57)39-11-7-29-13-17-48(62,4-2)43(29)51-39)50-33-8-5-32-27-56(21-14-30(32)24-33)34-15-19-55(20-16-34)26-28-22-31-6-9-35-41(54-63-42(35)37(31)23-28)36-10-12-40(59)52-45(36)60/h3,5-9,11,24-25,28,34,36,62H,1,4,10,12-23,26-27H2,2H3,(H,49,50,53)(H,52,59,60)/t28?,36?,48-/m1/s1. The van der Waals surface area contributed by atoms with E-state index in [4.69, 9.17) is 14.5 Å². The van der Waals surface area contributed by atoms with Crippen LogP contribution >= 0.6 is 0 Å². The summed E-state index contributed by atoms with van der Waals surface area (Å²) >= 11 is 0. The Morgan fingerprint density at radius 2 is 1.79 bits per heavy atom. The van der Waals surface area contributed by atoms with Gasteiger partial charge < -0.3 is 19.8 Å². The van der Waals surface area contributed by atoms with E-state index in [1.165, 1.54) is 22.3 Å². The summed E-state index contributed by atoms with van der Waals surface area (Å²) in [5.41, 5.74) is 8.45. The first-order chi connectivity index (χ1) is 30.7. The van der Waals surface area contributed by atoms with Gasteiger partial charge in [-0.05, 0) is 123 Å².